The molecule has 0 aromatic heterocycles. The Kier molecular flexibility index (Phi) is 7.96. The fourth-order valence-corrected chi connectivity index (χ4v) is 3.46. The van der Waals surface area contributed by atoms with Crippen molar-refractivity contribution in [2.24, 2.45) is 0 Å². The Morgan fingerprint density at radius 2 is 1.71 bits per heavy atom. The summed E-state index contributed by atoms with van der Waals surface area (Å²) >= 11 is 0. The Hall–Kier alpha value is -0.880. The van der Waals surface area contributed by atoms with Crippen LogP contribution < -0.4 is 0 Å². The molecule has 1 rings (SSSR count). The van der Waals surface area contributed by atoms with Crippen molar-refractivity contribution < 1.29 is 27.9 Å². The summed E-state index contributed by atoms with van der Waals surface area (Å²) in [6.07, 6.45) is 1.52. The van der Waals surface area contributed by atoms with E-state index in [1.807, 2.05) is 4.90 Å². The fourth-order valence-electron chi connectivity index (χ4n) is 1.84. The topological polar surface area (TPSA) is 74.3 Å². The van der Waals surface area contributed by atoms with Crippen LogP contribution in [-0.2, 0) is 27.9 Å². The maximum absolute atomic E-state index is 12.8. The van der Waals surface area contributed by atoms with Crippen molar-refractivity contribution >= 4 is 13.6 Å². The van der Waals surface area contributed by atoms with E-state index in [9.17, 15) is 9.36 Å². The Morgan fingerprint density at radius 3 is 2.19 bits per heavy atom. The van der Waals surface area contributed by atoms with Gasteiger partial charge in [0, 0.05) is 19.3 Å². The van der Waals surface area contributed by atoms with Crippen LogP contribution >= 0.6 is 7.60 Å². The lowest BCUT2D eigenvalue weighted by Crippen LogP contribution is -2.33. The number of hydrogen-bond donors (Lipinski definition) is 0. The summed E-state index contributed by atoms with van der Waals surface area (Å²) in [5.41, 5.74) is 0. The third kappa shape index (κ3) is 5.43. The molecule has 0 radical (unpaired) electrons. The number of hydrogen-bond acceptors (Lipinski definition) is 7. The van der Waals surface area contributed by atoms with Crippen LogP contribution in [0.5, 0.6) is 0 Å². The molecule has 8 heteroatoms. The molecular formula is C13H24NO6P. The van der Waals surface area contributed by atoms with Crippen LogP contribution in [-0.4, -0.2) is 57.0 Å². The number of morpholine rings is 1. The van der Waals surface area contributed by atoms with E-state index in [2.05, 4.69) is 0 Å². The molecule has 0 aromatic carbocycles. The smallest absolute Gasteiger partial charge is 0.370 e. The van der Waals surface area contributed by atoms with Crippen molar-refractivity contribution in [3.8, 4) is 0 Å². The molecule has 0 N–H and O–H groups in total. The van der Waals surface area contributed by atoms with Crippen LogP contribution in [0.3, 0.4) is 0 Å². The van der Waals surface area contributed by atoms with Crippen molar-refractivity contribution in [3.63, 3.8) is 0 Å². The third-order valence-corrected chi connectivity index (χ3v) is 4.81. The van der Waals surface area contributed by atoms with Gasteiger partial charge in [0.05, 0.1) is 33.0 Å². The van der Waals surface area contributed by atoms with Crippen molar-refractivity contribution in [2.45, 2.75) is 20.8 Å². The number of esters is 1. The van der Waals surface area contributed by atoms with E-state index in [0.717, 1.165) is 0 Å². The van der Waals surface area contributed by atoms with Crippen LogP contribution in [0, 0.1) is 0 Å². The number of nitrogens with zero attached hydrogens (tertiary/aromatic N) is 1. The summed E-state index contributed by atoms with van der Waals surface area (Å²) in [7, 11) is -3.68. The molecule has 0 saturated carbocycles. The fraction of sp³-hybridized carbons (Fsp3) is 0.769. The van der Waals surface area contributed by atoms with Gasteiger partial charge in [-0.2, -0.15) is 0 Å². The highest BCUT2D eigenvalue weighted by Crippen LogP contribution is 2.56. The first-order valence-electron chi connectivity index (χ1n) is 7.17. The SMILES string of the molecule is CCOC(=O)/C(=C\N1CCOCC1)P(=O)(OCC)OCC. The summed E-state index contributed by atoms with van der Waals surface area (Å²) in [6, 6.07) is 0. The summed E-state index contributed by atoms with van der Waals surface area (Å²) in [5, 5.41) is -0.0602. The maximum Gasteiger partial charge on any atom is 0.370 e. The second kappa shape index (κ2) is 9.20. The van der Waals surface area contributed by atoms with Gasteiger partial charge in [0.1, 0.15) is 0 Å². The van der Waals surface area contributed by atoms with E-state index in [-0.39, 0.29) is 25.1 Å². The summed E-state index contributed by atoms with van der Waals surface area (Å²) in [4.78, 5) is 14.0. The molecular weight excluding hydrogens is 297 g/mol. The minimum absolute atomic E-state index is 0.0602. The molecule has 0 amide bonds. The number of carbonyl (C=O) groups excluding carboxylic acids is 1. The van der Waals surface area contributed by atoms with Gasteiger partial charge in [-0.1, -0.05) is 0 Å². The Labute approximate surface area is 125 Å². The van der Waals surface area contributed by atoms with Crippen LogP contribution in [0.1, 0.15) is 20.8 Å². The lowest BCUT2D eigenvalue weighted by atomic mass is 10.4. The summed E-state index contributed by atoms with van der Waals surface area (Å²) in [6.45, 7) is 7.97. The molecule has 0 bridgehead atoms. The zero-order valence-electron chi connectivity index (χ0n) is 12.9. The van der Waals surface area contributed by atoms with Gasteiger partial charge >= 0.3 is 13.6 Å². The molecule has 1 heterocycles. The predicted molar refractivity (Wildman–Crippen MR) is 78.0 cm³/mol. The minimum atomic E-state index is -3.68. The largest absolute Gasteiger partial charge is 0.462 e. The van der Waals surface area contributed by atoms with Crippen molar-refractivity contribution in [1.82, 2.24) is 4.90 Å². The van der Waals surface area contributed by atoms with E-state index in [1.54, 1.807) is 20.8 Å². The highest BCUT2D eigenvalue weighted by Gasteiger charge is 2.36. The average molecular weight is 321 g/mol. The molecule has 7 nitrogen and oxygen atoms in total. The molecule has 0 atom stereocenters. The minimum Gasteiger partial charge on any atom is -0.462 e. The van der Waals surface area contributed by atoms with Crippen LogP contribution in [0.2, 0.25) is 0 Å². The van der Waals surface area contributed by atoms with Gasteiger partial charge < -0.3 is 23.4 Å². The van der Waals surface area contributed by atoms with Gasteiger partial charge in [-0.25, -0.2) is 4.79 Å². The van der Waals surface area contributed by atoms with Crippen LogP contribution in [0.25, 0.3) is 0 Å². The number of rotatable bonds is 8. The van der Waals surface area contributed by atoms with Gasteiger partial charge in [0.25, 0.3) is 0 Å². The van der Waals surface area contributed by atoms with Crippen LogP contribution in [0.4, 0.5) is 0 Å². The molecule has 1 fully saturated rings. The molecule has 0 aliphatic carbocycles. The van der Waals surface area contributed by atoms with Gasteiger partial charge in [-0.15, -0.1) is 0 Å². The maximum atomic E-state index is 12.8. The summed E-state index contributed by atoms with van der Waals surface area (Å²) < 4.78 is 33.6. The Bertz CT molecular complexity index is 395. The van der Waals surface area contributed by atoms with Gasteiger partial charge in [0.2, 0.25) is 0 Å². The Balaban J connectivity index is 3.06. The monoisotopic (exact) mass is 321 g/mol. The van der Waals surface area contributed by atoms with Crippen molar-refractivity contribution in [2.75, 3.05) is 46.1 Å². The molecule has 0 aromatic rings. The number of ether oxygens (including phenoxy) is 2. The molecule has 21 heavy (non-hydrogen) atoms. The van der Waals surface area contributed by atoms with E-state index in [0.29, 0.717) is 26.3 Å². The zero-order valence-corrected chi connectivity index (χ0v) is 13.8. The average Bonchev–Trinajstić information content (AvgIpc) is 2.46. The highest BCUT2D eigenvalue weighted by molar-refractivity contribution is 7.59. The predicted octanol–water partition coefficient (Wildman–Crippen LogP) is 1.99. The van der Waals surface area contributed by atoms with Gasteiger partial charge in [0.15, 0.2) is 5.31 Å². The first-order valence-corrected chi connectivity index (χ1v) is 8.72. The molecule has 1 aliphatic rings. The van der Waals surface area contributed by atoms with Crippen molar-refractivity contribution in [1.29, 1.82) is 0 Å². The number of carbonyl (C=O) groups is 1. The first kappa shape index (κ1) is 18.2. The second-order valence-electron chi connectivity index (χ2n) is 4.22. The highest BCUT2D eigenvalue weighted by atomic mass is 31.2. The van der Waals surface area contributed by atoms with E-state index in [4.69, 9.17) is 18.5 Å². The quantitative estimate of drug-likeness (QED) is 0.384. The normalized spacial score (nSPS) is 16.9. The van der Waals surface area contributed by atoms with Crippen molar-refractivity contribution in [3.05, 3.63) is 11.5 Å². The molecule has 1 aliphatic heterocycles. The van der Waals surface area contributed by atoms with E-state index < -0.39 is 13.6 Å². The molecule has 122 valence electrons. The standard InChI is InChI=1S/C13H24NO6P/c1-4-18-13(15)12(11-14-7-9-17-10-8-14)21(16,19-5-2)20-6-3/h11H,4-10H2,1-3H3/b12-11+. The Morgan fingerprint density at radius 1 is 1.14 bits per heavy atom. The molecule has 1 saturated heterocycles. The molecule has 0 spiro atoms. The van der Waals surface area contributed by atoms with E-state index >= 15 is 0 Å². The zero-order chi connectivity index (χ0) is 15.7. The summed E-state index contributed by atoms with van der Waals surface area (Å²) in [5.74, 6) is -0.672. The van der Waals surface area contributed by atoms with Gasteiger partial charge in [-0.05, 0) is 20.8 Å². The second-order valence-corrected chi connectivity index (χ2v) is 6.21. The van der Waals surface area contributed by atoms with E-state index in [1.165, 1.54) is 6.20 Å². The third-order valence-electron chi connectivity index (χ3n) is 2.73. The lowest BCUT2D eigenvalue weighted by Gasteiger charge is -2.27. The van der Waals surface area contributed by atoms with Gasteiger partial charge in [-0.3, -0.25) is 4.57 Å². The van der Waals surface area contributed by atoms with Crippen LogP contribution in [0.15, 0.2) is 11.5 Å². The lowest BCUT2D eigenvalue weighted by molar-refractivity contribution is -0.138. The first-order chi connectivity index (χ1) is 10.1. The molecule has 0 unspecified atom stereocenters.